The maximum atomic E-state index is 13.0. The van der Waals surface area contributed by atoms with E-state index in [0.717, 1.165) is 41.6 Å². The van der Waals surface area contributed by atoms with Gasteiger partial charge in [-0.3, -0.25) is 9.59 Å². The van der Waals surface area contributed by atoms with Gasteiger partial charge in [0.15, 0.2) is 0 Å². The lowest BCUT2D eigenvalue weighted by atomic mass is 9.98. The normalized spacial score (nSPS) is 20.0. The highest BCUT2D eigenvalue weighted by atomic mass is 16.2. The molecule has 2 aliphatic heterocycles. The average Bonchev–Trinajstić information content (AvgIpc) is 3.13. The molecule has 2 aliphatic rings. The average molecular weight is 406 g/mol. The molecular formula is C25H31N3O2. The second kappa shape index (κ2) is 8.50. The summed E-state index contributed by atoms with van der Waals surface area (Å²) in [5.41, 5.74) is 5.14. The molecule has 30 heavy (non-hydrogen) atoms. The van der Waals surface area contributed by atoms with Crippen molar-refractivity contribution in [2.45, 2.75) is 40.0 Å². The molecule has 0 spiro atoms. The van der Waals surface area contributed by atoms with E-state index in [2.05, 4.69) is 30.1 Å². The van der Waals surface area contributed by atoms with E-state index in [1.54, 1.807) is 4.90 Å². The number of piperidine rings is 1. The number of para-hydroxylation sites is 2. The predicted molar refractivity (Wildman–Crippen MR) is 122 cm³/mol. The van der Waals surface area contributed by atoms with E-state index < -0.39 is 0 Å². The highest BCUT2D eigenvalue weighted by Crippen LogP contribution is 2.32. The van der Waals surface area contributed by atoms with Gasteiger partial charge in [-0.1, -0.05) is 25.1 Å². The first-order valence-corrected chi connectivity index (χ1v) is 10.9. The third kappa shape index (κ3) is 4.20. The zero-order valence-corrected chi connectivity index (χ0v) is 18.1. The number of nitrogens with zero attached hydrogens (tertiary/aromatic N) is 2. The molecule has 1 N–H and O–H groups in total. The van der Waals surface area contributed by atoms with Crippen molar-refractivity contribution in [2.75, 3.05) is 34.8 Å². The largest absolute Gasteiger partial charge is 0.370 e. The van der Waals surface area contributed by atoms with Crippen molar-refractivity contribution >= 4 is 28.9 Å². The van der Waals surface area contributed by atoms with Gasteiger partial charge in [0, 0.05) is 31.7 Å². The van der Waals surface area contributed by atoms with Gasteiger partial charge in [-0.25, -0.2) is 0 Å². The van der Waals surface area contributed by atoms with Gasteiger partial charge in [-0.05, 0) is 68.0 Å². The van der Waals surface area contributed by atoms with Crippen LogP contribution in [0.2, 0.25) is 0 Å². The van der Waals surface area contributed by atoms with Crippen LogP contribution < -0.4 is 15.1 Å². The van der Waals surface area contributed by atoms with Crippen molar-refractivity contribution in [3.05, 3.63) is 53.6 Å². The summed E-state index contributed by atoms with van der Waals surface area (Å²) >= 11 is 0. The summed E-state index contributed by atoms with van der Waals surface area (Å²) in [5, 5.41) is 3.11. The number of anilines is 3. The Morgan fingerprint density at radius 1 is 1.03 bits per heavy atom. The minimum Gasteiger partial charge on any atom is -0.370 e. The number of hydrogen-bond acceptors (Lipinski definition) is 3. The number of nitrogens with one attached hydrogen (secondary N) is 1. The molecular weight excluding hydrogens is 374 g/mol. The van der Waals surface area contributed by atoms with Crippen LogP contribution in [0.3, 0.4) is 0 Å². The van der Waals surface area contributed by atoms with Crippen LogP contribution in [0.4, 0.5) is 17.1 Å². The van der Waals surface area contributed by atoms with Gasteiger partial charge in [0.1, 0.15) is 0 Å². The van der Waals surface area contributed by atoms with Crippen molar-refractivity contribution in [2.24, 2.45) is 11.8 Å². The van der Waals surface area contributed by atoms with Crippen LogP contribution in [0.25, 0.3) is 0 Å². The van der Waals surface area contributed by atoms with Crippen LogP contribution in [0.5, 0.6) is 0 Å². The van der Waals surface area contributed by atoms with Crippen molar-refractivity contribution in [3.63, 3.8) is 0 Å². The molecule has 2 amide bonds. The van der Waals surface area contributed by atoms with Gasteiger partial charge in [-0.2, -0.15) is 0 Å². The lowest BCUT2D eigenvalue weighted by Gasteiger charge is -2.33. The minimum absolute atomic E-state index is 0.0108. The first-order chi connectivity index (χ1) is 14.4. The fourth-order valence-electron chi connectivity index (χ4n) is 4.37. The molecule has 5 nitrogen and oxygen atoms in total. The standard InChI is InChI=1S/C25H31N3O2/c1-17-10-12-27(13-11-17)23-7-5-4-6-22(23)26-25(30)20-15-24(29)28(16-20)21-9-8-18(2)19(3)14-21/h4-9,14,17,20H,10-13,15-16H2,1-3H3,(H,26,30)/t20-/m1/s1. The monoisotopic (exact) mass is 405 g/mol. The second-order valence-corrected chi connectivity index (χ2v) is 8.85. The van der Waals surface area contributed by atoms with Crippen molar-refractivity contribution in [1.29, 1.82) is 0 Å². The zero-order valence-electron chi connectivity index (χ0n) is 18.1. The minimum atomic E-state index is -0.339. The van der Waals surface area contributed by atoms with E-state index in [1.807, 2.05) is 43.3 Å². The molecule has 0 aliphatic carbocycles. The van der Waals surface area contributed by atoms with Gasteiger partial charge in [0.2, 0.25) is 11.8 Å². The zero-order chi connectivity index (χ0) is 21.3. The molecule has 0 aromatic heterocycles. The summed E-state index contributed by atoms with van der Waals surface area (Å²) in [4.78, 5) is 29.8. The third-order valence-electron chi connectivity index (χ3n) is 6.58. The smallest absolute Gasteiger partial charge is 0.229 e. The Balaban J connectivity index is 1.46. The number of carbonyl (C=O) groups is 2. The van der Waals surface area contributed by atoms with Crippen LogP contribution in [0, 0.1) is 25.7 Å². The number of amides is 2. The Morgan fingerprint density at radius 2 is 1.77 bits per heavy atom. The highest BCUT2D eigenvalue weighted by molar-refractivity contribution is 6.04. The van der Waals surface area contributed by atoms with Gasteiger partial charge < -0.3 is 15.1 Å². The van der Waals surface area contributed by atoms with Crippen molar-refractivity contribution in [1.82, 2.24) is 0 Å². The lowest BCUT2D eigenvalue weighted by molar-refractivity contribution is -0.122. The molecule has 0 bridgehead atoms. The molecule has 0 unspecified atom stereocenters. The third-order valence-corrected chi connectivity index (χ3v) is 6.58. The van der Waals surface area contributed by atoms with Crippen LogP contribution >= 0.6 is 0 Å². The van der Waals surface area contributed by atoms with Gasteiger partial charge in [0.05, 0.1) is 17.3 Å². The van der Waals surface area contributed by atoms with E-state index in [9.17, 15) is 9.59 Å². The number of rotatable bonds is 4. The van der Waals surface area contributed by atoms with Crippen molar-refractivity contribution < 1.29 is 9.59 Å². The molecule has 0 saturated carbocycles. The molecule has 1 atom stereocenters. The van der Waals surface area contributed by atoms with Gasteiger partial charge >= 0.3 is 0 Å². The predicted octanol–water partition coefficient (Wildman–Crippen LogP) is 4.53. The summed E-state index contributed by atoms with van der Waals surface area (Å²) in [6.07, 6.45) is 2.59. The molecule has 2 aromatic rings. The Labute approximate surface area is 179 Å². The molecule has 0 radical (unpaired) electrons. The van der Waals surface area contributed by atoms with Gasteiger partial charge in [0.25, 0.3) is 0 Å². The van der Waals surface area contributed by atoms with Crippen molar-refractivity contribution in [3.8, 4) is 0 Å². The van der Waals surface area contributed by atoms with E-state index in [0.29, 0.717) is 6.54 Å². The molecule has 2 fully saturated rings. The van der Waals surface area contributed by atoms with Crippen LogP contribution in [-0.4, -0.2) is 31.4 Å². The lowest BCUT2D eigenvalue weighted by Crippen LogP contribution is -2.34. The molecule has 2 saturated heterocycles. The quantitative estimate of drug-likeness (QED) is 0.813. The SMILES string of the molecule is Cc1ccc(N2C[C@H](C(=O)Nc3ccccc3N3CCC(C)CC3)CC2=O)cc1C. The molecule has 2 aromatic carbocycles. The molecule has 5 heteroatoms. The second-order valence-electron chi connectivity index (χ2n) is 8.85. The maximum absolute atomic E-state index is 13.0. The topological polar surface area (TPSA) is 52.7 Å². The fraction of sp³-hybridized carbons (Fsp3) is 0.440. The highest BCUT2D eigenvalue weighted by Gasteiger charge is 2.35. The summed E-state index contributed by atoms with van der Waals surface area (Å²) in [6.45, 7) is 8.84. The summed E-state index contributed by atoms with van der Waals surface area (Å²) in [5.74, 6) is 0.349. The number of carbonyl (C=O) groups excluding carboxylic acids is 2. The summed E-state index contributed by atoms with van der Waals surface area (Å²) in [7, 11) is 0. The first kappa shape index (κ1) is 20.5. The summed E-state index contributed by atoms with van der Waals surface area (Å²) < 4.78 is 0. The Hall–Kier alpha value is -2.82. The van der Waals surface area contributed by atoms with Crippen LogP contribution in [0.1, 0.15) is 37.3 Å². The summed E-state index contributed by atoms with van der Waals surface area (Å²) in [6, 6.07) is 14.0. The first-order valence-electron chi connectivity index (χ1n) is 10.9. The van der Waals surface area contributed by atoms with E-state index in [-0.39, 0.29) is 24.2 Å². The molecule has 4 rings (SSSR count). The van der Waals surface area contributed by atoms with Crippen LogP contribution in [0.15, 0.2) is 42.5 Å². The van der Waals surface area contributed by atoms with Gasteiger partial charge in [-0.15, -0.1) is 0 Å². The molecule has 2 heterocycles. The van der Waals surface area contributed by atoms with E-state index >= 15 is 0 Å². The number of benzene rings is 2. The number of aryl methyl sites for hydroxylation is 2. The maximum Gasteiger partial charge on any atom is 0.229 e. The Kier molecular flexibility index (Phi) is 5.80. The van der Waals surface area contributed by atoms with Crippen LogP contribution in [-0.2, 0) is 9.59 Å². The molecule has 158 valence electrons. The number of hydrogen-bond donors (Lipinski definition) is 1. The van der Waals surface area contributed by atoms with E-state index in [1.165, 1.54) is 18.4 Å². The Morgan fingerprint density at radius 3 is 2.50 bits per heavy atom. The fourth-order valence-corrected chi connectivity index (χ4v) is 4.37. The Bertz CT molecular complexity index is 947. The van der Waals surface area contributed by atoms with E-state index in [4.69, 9.17) is 0 Å².